The average Bonchev–Trinajstić information content (AvgIpc) is 2.24. The van der Waals surface area contributed by atoms with E-state index in [1.165, 1.54) is 0 Å². The maximum atomic E-state index is 10.1. The Morgan fingerprint density at radius 2 is 2.25 bits per heavy atom. The Labute approximate surface area is 51.8 Å². The molecule has 1 aliphatic rings. The third kappa shape index (κ3) is 2.61. The Bertz CT molecular complexity index is 67.5. The molecule has 0 aromatic heterocycles. The van der Waals surface area contributed by atoms with E-state index in [0.29, 0.717) is 0 Å². The van der Waals surface area contributed by atoms with Crippen LogP contribution in [0.5, 0.6) is 0 Å². The molecule has 1 aliphatic heterocycles. The van der Waals surface area contributed by atoms with Crippen LogP contribution >= 0.6 is 0 Å². The van der Waals surface area contributed by atoms with Gasteiger partial charge in [0.1, 0.15) is 0 Å². The molecule has 1 rings (SSSR count). The molecule has 0 aromatic carbocycles. The summed E-state index contributed by atoms with van der Waals surface area (Å²) in [5, 5.41) is 2.68. The highest BCUT2D eigenvalue weighted by Gasteiger charge is 2.05. The van der Waals surface area contributed by atoms with Crippen molar-refractivity contribution in [3.05, 3.63) is 0 Å². The number of carbonyl (C=O) groups is 1. The van der Waals surface area contributed by atoms with Crippen LogP contribution in [0.2, 0.25) is 0 Å². The zero-order chi connectivity index (χ0) is 6.41. The van der Waals surface area contributed by atoms with Gasteiger partial charge >= 0.3 is 0 Å². The van der Waals surface area contributed by atoms with Crippen molar-refractivity contribution in [3.8, 4) is 0 Å². The van der Waals surface area contributed by atoms with Crippen LogP contribution in [0.3, 0.4) is 0 Å². The average molecular weight is 117 g/mol. The Morgan fingerprint density at radius 1 is 1.62 bits per heavy atom. The zero-order valence-electron chi connectivity index (χ0n) is 5.53. The number of carbonyl (C=O) groups excluding carboxylic acids is 1. The molecule has 2 heteroatoms. The molecule has 0 saturated carbocycles. The van der Waals surface area contributed by atoms with Gasteiger partial charge in [0.25, 0.3) is 0 Å². The van der Waals surface area contributed by atoms with Crippen LogP contribution in [0.15, 0.2) is 0 Å². The molecule has 0 radical (unpaired) electrons. The number of hydrogen-bond donors (Lipinski definition) is 1. The van der Waals surface area contributed by atoms with E-state index in [9.17, 15) is 4.79 Å². The molecule has 0 aliphatic carbocycles. The van der Waals surface area contributed by atoms with E-state index in [-0.39, 0.29) is 7.33 Å². The first-order valence-electron chi connectivity index (χ1n) is 3.16. The quantitative estimate of drug-likeness (QED) is 0.507. The summed E-state index contributed by atoms with van der Waals surface area (Å²) in [7, 11) is 0. The van der Waals surface area contributed by atoms with Crippen molar-refractivity contribution in [1.29, 1.82) is 0 Å². The number of hydrogen-bond acceptors (Lipinski definition) is 1. The molecule has 8 heavy (non-hydrogen) atoms. The van der Waals surface area contributed by atoms with Crippen LogP contribution in [-0.2, 0) is 4.79 Å². The van der Waals surface area contributed by atoms with Crippen LogP contribution in [0.25, 0.3) is 0 Å². The normalized spacial score (nSPS) is 16.5. The molecule has 1 saturated heterocycles. The highest BCUT2D eigenvalue weighted by molar-refractivity contribution is 5.77. The van der Waals surface area contributed by atoms with Crippen LogP contribution in [0.4, 0.5) is 0 Å². The van der Waals surface area contributed by atoms with E-state index in [4.69, 9.17) is 0 Å². The summed E-state index contributed by atoms with van der Waals surface area (Å²) >= 11 is 0. The first-order chi connectivity index (χ1) is 3.89. The Hall–Kier alpha value is -0.530. The Morgan fingerprint density at radius 3 is 2.38 bits per heavy atom. The smallest absolute Gasteiger partial charge is 0.220 e. The molecule has 1 N–H and O–H groups in total. The minimum atomic E-state index is 0. The van der Waals surface area contributed by atoms with Crippen molar-refractivity contribution in [2.75, 3.05) is 6.54 Å². The lowest BCUT2D eigenvalue weighted by atomic mass is 10.4. The predicted octanol–water partition coefficient (Wildman–Crippen LogP) is 1.17. The number of amides is 1. The van der Waals surface area contributed by atoms with E-state index in [2.05, 4.69) is 5.32 Å². The third-order valence-electron chi connectivity index (χ3n) is 0.903. The van der Waals surface area contributed by atoms with Gasteiger partial charge in [-0.2, -0.15) is 0 Å². The number of nitrogens with one attached hydrogen (secondary N) is 1. The topological polar surface area (TPSA) is 29.1 Å². The lowest BCUT2D eigenvalue weighted by Gasteiger charge is -1.80. The van der Waals surface area contributed by atoms with Crippen molar-refractivity contribution in [1.82, 2.24) is 5.32 Å². The van der Waals surface area contributed by atoms with E-state index in [1.54, 1.807) is 0 Å². The molecule has 0 atom stereocenters. The molecule has 50 valence electrons. The van der Waals surface area contributed by atoms with Gasteiger partial charge in [-0.15, -0.1) is 0 Å². The van der Waals surface area contributed by atoms with Crippen molar-refractivity contribution in [2.24, 2.45) is 0 Å². The van der Waals surface area contributed by atoms with E-state index >= 15 is 0 Å². The second-order valence-corrected chi connectivity index (χ2v) is 1.45. The first kappa shape index (κ1) is 7.47. The second-order valence-electron chi connectivity index (χ2n) is 1.45. The SMILES string of the molecule is CC.O=C1CCCN1.[HH]. The summed E-state index contributed by atoms with van der Waals surface area (Å²) in [4.78, 5) is 10.1. The summed E-state index contributed by atoms with van der Waals surface area (Å²) in [6.45, 7) is 4.89. The van der Waals surface area contributed by atoms with E-state index in [0.717, 1.165) is 19.4 Å². The standard InChI is InChI=1S/C4H7NO.C2H6.H2/c6-4-2-1-3-5-4;1-2;/h1-3H2,(H,5,6);1-2H3;1H. The fraction of sp³-hybridized carbons (Fsp3) is 0.833. The summed E-state index contributed by atoms with van der Waals surface area (Å²) < 4.78 is 0. The minimum Gasteiger partial charge on any atom is -0.356 e. The third-order valence-corrected chi connectivity index (χ3v) is 0.903. The van der Waals surface area contributed by atoms with Gasteiger partial charge in [0.05, 0.1) is 0 Å². The number of rotatable bonds is 0. The summed E-state index contributed by atoms with van der Waals surface area (Å²) in [5.41, 5.74) is 0. The highest BCUT2D eigenvalue weighted by Crippen LogP contribution is 1.93. The zero-order valence-corrected chi connectivity index (χ0v) is 5.53. The summed E-state index contributed by atoms with van der Waals surface area (Å²) in [5.74, 6) is 0.204. The van der Waals surface area contributed by atoms with Gasteiger partial charge in [-0.3, -0.25) is 4.79 Å². The van der Waals surface area contributed by atoms with Crippen LogP contribution in [-0.4, -0.2) is 12.5 Å². The molecule has 1 fully saturated rings. The van der Waals surface area contributed by atoms with Crippen molar-refractivity contribution < 1.29 is 6.22 Å². The van der Waals surface area contributed by atoms with Gasteiger partial charge in [-0.1, -0.05) is 13.8 Å². The lowest BCUT2D eigenvalue weighted by molar-refractivity contribution is -0.119. The van der Waals surface area contributed by atoms with Gasteiger partial charge in [-0.25, -0.2) is 0 Å². The van der Waals surface area contributed by atoms with Gasteiger partial charge in [0.15, 0.2) is 0 Å². The Kier molecular flexibility index (Phi) is 4.32. The fourth-order valence-corrected chi connectivity index (χ4v) is 0.565. The van der Waals surface area contributed by atoms with Gasteiger partial charge in [0.2, 0.25) is 5.91 Å². The molecule has 0 aromatic rings. The molecular weight excluding hydrogens is 102 g/mol. The maximum Gasteiger partial charge on any atom is 0.220 e. The fourth-order valence-electron chi connectivity index (χ4n) is 0.565. The molecular formula is C6H15NO. The molecule has 2 nitrogen and oxygen atoms in total. The van der Waals surface area contributed by atoms with Crippen LogP contribution in [0, 0.1) is 0 Å². The van der Waals surface area contributed by atoms with Gasteiger partial charge in [-0.05, 0) is 6.42 Å². The van der Waals surface area contributed by atoms with Crippen molar-refractivity contribution in [2.45, 2.75) is 26.7 Å². The second kappa shape index (κ2) is 4.62. The van der Waals surface area contributed by atoms with E-state index in [1.807, 2.05) is 13.8 Å². The Balaban J connectivity index is 0. The van der Waals surface area contributed by atoms with Crippen molar-refractivity contribution >= 4 is 5.91 Å². The summed E-state index contributed by atoms with van der Waals surface area (Å²) in [6.07, 6.45) is 1.76. The van der Waals surface area contributed by atoms with Crippen molar-refractivity contribution in [3.63, 3.8) is 0 Å². The first-order valence-corrected chi connectivity index (χ1v) is 3.16. The molecule has 1 amide bonds. The van der Waals surface area contributed by atoms with Gasteiger partial charge < -0.3 is 5.32 Å². The minimum absolute atomic E-state index is 0. The van der Waals surface area contributed by atoms with Gasteiger partial charge in [0, 0.05) is 14.4 Å². The molecule has 0 spiro atoms. The molecule has 0 unspecified atom stereocenters. The van der Waals surface area contributed by atoms with Crippen LogP contribution < -0.4 is 5.32 Å². The van der Waals surface area contributed by atoms with Crippen LogP contribution in [0.1, 0.15) is 28.1 Å². The molecule has 1 heterocycles. The highest BCUT2D eigenvalue weighted by atomic mass is 16.1. The molecule has 0 bridgehead atoms. The van der Waals surface area contributed by atoms with E-state index < -0.39 is 0 Å². The monoisotopic (exact) mass is 117 g/mol. The lowest BCUT2D eigenvalue weighted by Crippen LogP contribution is -2.12. The predicted molar refractivity (Wildman–Crippen MR) is 35.7 cm³/mol. The summed E-state index contributed by atoms with van der Waals surface area (Å²) in [6, 6.07) is 0. The maximum absolute atomic E-state index is 10.1. The largest absolute Gasteiger partial charge is 0.356 e.